The monoisotopic (exact) mass is 240 g/mol. The quantitative estimate of drug-likeness (QED) is 0.432. The van der Waals surface area contributed by atoms with Crippen LogP contribution in [0.4, 0.5) is 0 Å². The summed E-state index contributed by atoms with van der Waals surface area (Å²) in [5, 5.41) is 8.93. The highest BCUT2D eigenvalue weighted by molar-refractivity contribution is 7.99. The van der Waals surface area contributed by atoms with Crippen molar-refractivity contribution in [2.24, 2.45) is 0 Å². The van der Waals surface area contributed by atoms with E-state index in [9.17, 15) is 14.9 Å². The third kappa shape index (κ3) is 3.23. The smallest absolute Gasteiger partial charge is 0.379 e. The van der Waals surface area contributed by atoms with Crippen LogP contribution in [-0.4, -0.2) is 16.5 Å². The minimum Gasteiger partial charge on any atom is -0.379 e. The summed E-state index contributed by atoms with van der Waals surface area (Å²) < 4.78 is 4.37. The van der Waals surface area contributed by atoms with Crippen LogP contribution in [0.1, 0.15) is 12.5 Å². The molecule has 5 nitrogen and oxygen atoms in total. The molecule has 0 amide bonds. The lowest BCUT2D eigenvalue weighted by Crippen LogP contribution is -2.34. The van der Waals surface area contributed by atoms with Gasteiger partial charge in [0.15, 0.2) is 0 Å². The van der Waals surface area contributed by atoms with Gasteiger partial charge < -0.3 is 4.74 Å². The second-order valence-corrected chi connectivity index (χ2v) is 4.45. The maximum absolute atomic E-state index is 10.7. The zero-order valence-electron chi connectivity index (χ0n) is 8.58. The minimum absolute atomic E-state index is 0.389. The molecule has 0 aromatic heterocycles. The molecule has 16 heavy (non-hydrogen) atoms. The fraction of sp³-hybridized carbons (Fsp3) is 0.300. The first kappa shape index (κ1) is 12.5. The van der Waals surface area contributed by atoms with Crippen LogP contribution in [0.25, 0.3) is 0 Å². The van der Waals surface area contributed by atoms with E-state index in [2.05, 4.69) is 4.74 Å². The average Bonchev–Trinajstić information content (AvgIpc) is 2.28. The molecular weight excluding hydrogens is 230 g/mol. The van der Waals surface area contributed by atoms with E-state index in [0.717, 1.165) is 23.8 Å². The van der Waals surface area contributed by atoms with Crippen LogP contribution in [0.5, 0.6) is 0 Å². The predicted octanol–water partition coefficient (Wildman–Crippen LogP) is 1.95. The van der Waals surface area contributed by atoms with Gasteiger partial charge >= 0.3 is 11.5 Å². The number of nitro groups is 1. The highest BCUT2D eigenvalue weighted by Gasteiger charge is 2.40. The summed E-state index contributed by atoms with van der Waals surface area (Å²) in [6.45, 7) is 2.34. The van der Waals surface area contributed by atoms with E-state index in [0.29, 0.717) is 5.75 Å². The Labute approximate surface area is 96.9 Å². The number of carbonyl (C=O) groups excluding carboxylic acids is 1. The predicted molar refractivity (Wildman–Crippen MR) is 59.9 cm³/mol. The van der Waals surface area contributed by atoms with Gasteiger partial charge in [0, 0.05) is 5.75 Å². The molecule has 0 N–H and O–H groups in total. The van der Waals surface area contributed by atoms with E-state index in [1.807, 2.05) is 30.3 Å². The van der Waals surface area contributed by atoms with E-state index in [1.54, 1.807) is 0 Å². The standard InChI is InChI=1S/C10H10NO4S/c1-10(11(13)14,15-8-12)16-7-9-5-3-2-4-6-9/h2-6H,7H2,1H3. The number of nitrogens with zero attached hydrogens (tertiary/aromatic N) is 1. The van der Waals surface area contributed by atoms with Gasteiger partial charge in [0.2, 0.25) is 0 Å². The molecule has 0 saturated carbocycles. The molecule has 1 atom stereocenters. The first-order valence-corrected chi connectivity index (χ1v) is 5.44. The zero-order chi connectivity index (χ0) is 12.0. The van der Waals surface area contributed by atoms with Crippen molar-refractivity contribution in [3.05, 3.63) is 46.0 Å². The Morgan fingerprint density at radius 1 is 1.50 bits per heavy atom. The Balaban J connectivity index is 2.64. The summed E-state index contributed by atoms with van der Waals surface area (Å²) in [6, 6.07) is 9.23. The number of hydrogen-bond donors (Lipinski definition) is 0. The van der Waals surface area contributed by atoms with Crippen LogP contribution in [0.3, 0.4) is 0 Å². The van der Waals surface area contributed by atoms with Crippen LogP contribution in [-0.2, 0) is 15.3 Å². The largest absolute Gasteiger partial charge is 0.423 e. The Kier molecular flexibility index (Phi) is 4.30. The SMILES string of the molecule is CC(O[C]=O)(SCc1ccccc1)[N+](=O)[O-]. The summed E-state index contributed by atoms with van der Waals surface area (Å²) in [5.41, 5.74) is 0.926. The van der Waals surface area contributed by atoms with Gasteiger partial charge in [-0.3, -0.25) is 10.1 Å². The van der Waals surface area contributed by atoms with Crippen molar-refractivity contribution in [1.29, 1.82) is 0 Å². The van der Waals surface area contributed by atoms with Gasteiger partial charge in [-0.1, -0.05) is 30.3 Å². The van der Waals surface area contributed by atoms with Gasteiger partial charge in [-0.15, -0.1) is 0 Å². The van der Waals surface area contributed by atoms with E-state index in [-0.39, 0.29) is 0 Å². The lowest BCUT2D eigenvalue weighted by atomic mass is 10.2. The molecule has 0 bridgehead atoms. The molecule has 1 aromatic rings. The molecular formula is C10H10NO4S. The molecule has 1 radical (unpaired) electrons. The summed E-state index contributed by atoms with van der Waals surface area (Å²) in [6.07, 6.45) is 0. The second kappa shape index (κ2) is 5.50. The van der Waals surface area contributed by atoms with Gasteiger partial charge in [0.1, 0.15) is 0 Å². The molecule has 1 rings (SSSR count). The number of rotatable bonds is 6. The molecule has 1 aromatic carbocycles. The Hall–Kier alpha value is -1.56. The normalized spacial score (nSPS) is 13.8. The van der Waals surface area contributed by atoms with Crippen LogP contribution in [0.15, 0.2) is 30.3 Å². The maximum Gasteiger partial charge on any atom is 0.423 e. The molecule has 0 heterocycles. The van der Waals surface area contributed by atoms with Crippen molar-refractivity contribution >= 4 is 18.2 Å². The Morgan fingerprint density at radius 2 is 2.12 bits per heavy atom. The molecule has 0 spiro atoms. The molecule has 0 aliphatic carbocycles. The molecule has 0 fully saturated rings. The first-order valence-electron chi connectivity index (χ1n) is 4.46. The third-order valence-electron chi connectivity index (χ3n) is 1.91. The van der Waals surface area contributed by atoms with Crippen molar-refractivity contribution < 1.29 is 14.5 Å². The van der Waals surface area contributed by atoms with Crippen LogP contribution in [0.2, 0.25) is 0 Å². The van der Waals surface area contributed by atoms with Crippen molar-refractivity contribution in [3.8, 4) is 0 Å². The van der Waals surface area contributed by atoms with Gasteiger partial charge in [0.05, 0.1) is 11.8 Å². The zero-order valence-corrected chi connectivity index (χ0v) is 9.40. The van der Waals surface area contributed by atoms with E-state index in [4.69, 9.17) is 0 Å². The number of ether oxygens (including phenoxy) is 1. The molecule has 1 unspecified atom stereocenters. The van der Waals surface area contributed by atoms with E-state index < -0.39 is 9.98 Å². The fourth-order valence-electron chi connectivity index (χ4n) is 0.988. The first-order chi connectivity index (χ1) is 7.58. The molecule has 85 valence electrons. The van der Waals surface area contributed by atoms with E-state index >= 15 is 0 Å². The summed E-state index contributed by atoms with van der Waals surface area (Å²) in [7, 11) is 0. The fourth-order valence-corrected chi connectivity index (χ4v) is 1.81. The molecule has 0 saturated heterocycles. The van der Waals surface area contributed by atoms with Crippen LogP contribution >= 0.6 is 11.8 Å². The van der Waals surface area contributed by atoms with Crippen molar-refractivity contribution in [2.45, 2.75) is 17.7 Å². The van der Waals surface area contributed by atoms with E-state index in [1.165, 1.54) is 6.92 Å². The van der Waals surface area contributed by atoms with Gasteiger partial charge in [-0.25, -0.2) is 4.79 Å². The van der Waals surface area contributed by atoms with Crippen molar-refractivity contribution in [2.75, 3.05) is 0 Å². The third-order valence-corrected chi connectivity index (χ3v) is 3.16. The summed E-state index contributed by atoms with van der Waals surface area (Å²) in [4.78, 5) is 20.1. The van der Waals surface area contributed by atoms with Crippen molar-refractivity contribution in [3.63, 3.8) is 0 Å². The Bertz CT molecular complexity index is 370. The van der Waals surface area contributed by atoms with Crippen molar-refractivity contribution in [1.82, 2.24) is 0 Å². The van der Waals surface area contributed by atoms with Crippen LogP contribution < -0.4 is 0 Å². The lowest BCUT2D eigenvalue weighted by molar-refractivity contribution is -0.578. The molecule has 0 aliphatic rings. The Morgan fingerprint density at radius 3 is 2.62 bits per heavy atom. The average molecular weight is 240 g/mol. The lowest BCUT2D eigenvalue weighted by Gasteiger charge is -2.16. The summed E-state index contributed by atoms with van der Waals surface area (Å²) in [5.74, 6) is 0.389. The maximum atomic E-state index is 10.7. The summed E-state index contributed by atoms with van der Waals surface area (Å²) >= 11 is 0.926. The highest BCUT2D eigenvalue weighted by atomic mass is 32.2. The topological polar surface area (TPSA) is 69.4 Å². The molecule has 0 aliphatic heterocycles. The van der Waals surface area contributed by atoms with Gasteiger partial charge in [0.25, 0.3) is 0 Å². The second-order valence-electron chi connectivity index (χ2n) is 3.11. The van der Waals surface area contributed by atoms with Crippen LogP contribution in [0, 0.1) is 10.1 Å². The number of hydrogen-bond acceptors (Lipinski definition) is 5. The molecule has 6 heteroatoms. The number of thioether (sulfide) groups is 1. The minimum atomic E-state index is -1.78. The number of benzene rings is 1. The van der Waals surface area contributed by atoms with Gasteiger partial charge in [-0.2, -0.15) is 0 Å². The van der Waals surface area contributed by atoms with Gasteiger partial charge in [-0.05, 0) is 17.3 Å². The highest BCUT2D eigenvalue weighted by Crippen LogP contribution is 2.29.